The summed E-state index contributed by atoms with van der Waals surface area (Å²) in [5.41, 5.74) is 8.28. The average molecular weight is 218 g/mol. The Morgan fingerprint density at radius 3 is 3.00 bits per heavy atom. The van der Waals surface area contributed by atoms with Gasteiger partial charge in [0, 0.05) is 25.3 Å². The Labute approximate surface area is 96.9 Å². The van der Waals surface area contributed by atoms with Gasteiger partial charge in [0.25, 0.3) is 0 Å². The Morgan fingerprint density at radius 2 is 2.38 bits per heavy atom. The zero-order valence-electron chi connectivity index (χ0n) is 9.20. The molecule has 0 spiro atoms. The van der Waals surface area contributed by atoms with Crippen LogP contribution in [0.15, 0.2) is 30.4 Å². The molecule has 0 aromatic heterocycles. The summed E-state index contributed by atoms with van der Waals surface area (Å²) in [6, 6.07) is 5.44. The van der Waals surface area contributed by atoms with Crippen LogP contribution in [0, 0.1) is 5.41 Å². The van der Waals surface area contributed by atoms with Gasteiger partial charge in [-0.05, 0) is 31.0 Å². The standard InChI is InChI=1S/C13H16N2O.H2/c1-9-2-3-11(6-9)16-12-4-5-13(15)10(7-12)8-14;/h4-5,7-8,11,14H,1-3,6,15H2;1H/t11-;/m1./s1. The lowest BCUT2D eigenvalue weighted by atomic mass is 10.2. The molecule has 0 radical (unpaired) electrons. The maximum atomic E-state index is 7.22. The van der Waals surface area contributed by atoms with Crippen LogP contribution in [0.3, 0.4) is 0 Å². The lowest BCUT2D eigenvalue weighted by Crippen LogP contribution is -2.11. The molecule has 1 aromatic carbocycles. The highest BCUT2D eigenvalue weighted by Crippen LogP contribution is 2.28. The number of nitrogens with one attached hydrogen (secondary N) is 1. The maximum absolute atomic E-state index is 7.22. The SMILES string of the molecule is C=C1CC[C@@H](Oc2ccc(N)c(C=N)c2)C1.[HH]. The van der Waals surface area contributed by atoms with Crippen molar-refractivity contribution in [2.75, 3.05) is 5.73 Å². The van der Waals surface area contributed by atoms with Gasteiger partial charge in [-0.25, -0.2) is 0 Å². The molecule has 0 heterocycles. The Morgan fingerprint density at radius 1 is 1.56 bits per heavy atom. The number of nitrogens with two attached hydrogens (primary N) is 1. The number of anilines is 1. The summed E-state index contributed by atoms with van der Waals surface area (Å²) in [4.78, 5) is 0. The van der Waals surface area contributed by atoms with Crippen LogP contribution in [0.1, 0.15) is 26.3 Å². The number of nitrogen functional groups attached to an aromatic ring is 1. The van der Waals surface area contributed by atoms with Crippen molar-refractivity contribution < 1.29 is 6.16 Å². The number of hydrogen-bond donors (Lipinski definition) is 2. The lowest BCUT2D eigenvalue weighted by Gasteiger charge is -2.13. The topological polar surface area (TPSA) is 59.1 Å². The molecule has 0 unspecified atom stereocenters. The van der Waals surface area contributed by atoms with E-state index in [4.69, 9.17) is 15.9 Å². The Balaban J connectivity index is 0.00000144. The van der Waals surface area contributed by atoms with Crippen LogP contribution in [0.5, 0.6) is 5.75 Å². The van der Waals surface area contributed by atoms with Gasteiger partial charge >= 0.3 is 0 Å². The van der Waals surface area contributed by atoms with Crippen LogP contribution in [-0.2, 0) is 0 Å². The smallest absolute Gasteiger partial charge is 0.120 e. The van der Waals surface area contributed by atoms with Crippen LogP contribution >= 0.6 is 0 Å². The van der Waals surface area contributed by atoms with E-state index in [9.17, 15) is 0 Å². The van der Waals surface area contributed by atoms with Crippen molar-refractivity contribution in [3.63, 3.8) is 0 Å². The van der Waals surface area contributed by atoms with E-state index >= 15 is 0 Å². The molecule has 1 atom stereocenters. The summed E-state index contributed by atoms with van der Waals surface area (Å²) in [5.74, 6) is 0.785. The summed E-state index contributed by atoms with van der Waals surface area (Å²) in [6.45, 7) is 3.96. The first-order valence-corrected chi connectivity index (χ1v) is 5.42. The molecule has 3 nitrogen and oxygen atoms in total. The molecular formula is C13H18N2O. The van der Waals surface area contributed by atoms with Gasteiger partial charge in [0.15, 0.2) is 0 Å². The predicted octanol–water partition coefficient (Wildman–Crippen LogP) is 3.00. The molecule has 86 valence electrons. The molecule has 0 bridgehead atoms. The number of benzene rings is 1. The number of rotatable bonds is 3. The quantitative estimate of drug-likeness (QED) is 0.465. The molecule has 16 heavy (non-hydrogen) atoms. The third-order valence-electron chi connectivity index (χ3n) is 2.85. The molecule has 1 aromatic rings. The van der Waals surface area contributed by atoms with E-state index in [1.807, 2.05) is 12.1 Å². The first kappa shape index (κ1) is 10.7. The predicted molar refractivity (Wildman–Crippen MR) is 68.3 cm³/mol. The van der Waals surface area contributed by atoms with E-state index in [2.05, 4.69) is 6.58 Å². The van der Waals surface area contributed by atoms with Gasteiger partial charge in [-0.2, -0.15) is 0 Å². The highest BCUT2D eigenvalue weighted by molar-refractivity contribution is 5.85. The molecule has 3 N–H and O–H groups in total. The fraction of sp³-hybridized carbons (Fsp3) is 0.308. The third kappa shape index (κ3) is 2.24. The summed E-state index contributed by atoms with van der Waals surface area (Å²) < 4.78 is 5.82. The van der Waals surface area contributed by atoms with Gasteiger partial charge in [0.2, 0.25) is 0 Å². The number of hydrogen-bond acceptors (Lipinski definition) is 3. The van der Waals surface area contributed by atoms with E-state index in [0.29, 0.717) is 11.3 Å². The second kappa shape index (κ2) is 4.39. The van der Waals surface area contributed by atoms with Crippen LogP contribution < -0.4 is 10.5 Å². The van der Waals surface area contributed by atoms with Crippen LogP contribution in [0.2, 0.25) is 0 Å². The van der Waals surface area contributed by atoms with Crippen LogP contribution in [0.25, 0.3) is 0 Å². The van der Waals surface area contributed by atoms with Gasteiger partial charge in [-0.1, -0.05) is 12.2 Å². The van der Waals surface area contributed by atoms with Gasteiger partial charge in [0.1, 0.15) is 11.9 Å². The molecule has 0 saturated heterocycles. The fourth-order valence-electron chi connectivity index (χ4n) is 1.94. The first-order valence-electron chi connectivity index (χ1n) is 5.42. The van der Waals surface area contributed by atoms with Crippen molar-refractivity contribution in [1.82, 2.24) is 0 Å². The summed E-state index contributed by atoms with van der Waals surface area (Å²) >= 11 is 0. The minimum atomic E-state index is 0. The second-order valence-corrected chi connectivity index (χ2v) is 4.17. The normalized spacial score (nSPS) is 19.8. The summed E-state index contributed by atoms with van der Waals surface area (Å²) in [6.07, 6.45) is 4.50. The highest BCUT2D eigenvalue weighted by atomic mass is 16.5. The summed E-state index contributed by atoms with van der Waals surface area (Å²) in [7, 11) is 0. The molecule has 1 aliphatic rings. The van der Waals surface area contributed by atoms with E-state index in [1.54, 1.807) is 6.07 Å². The molecule has 0 amide bonds. The van der Waals surface area contributed by atoms with Gasteiger partial charge < -0.3 is 15.9 Å². The fourth-order valence-corrected chi connectivity index (χ4v) is 1.94. The molecule has 1 aliphatic carbocycles. The number of ether oxygens (including phenoxy) is 1. The average Bonchev–Trinajstić information content (AvgIpc) is 2.67. The summed E-state index contributed by atoms with van der Waals surface area (Å²) in [5, 5.41) is 7.22. The molecule has 2 rings (SSSR count). The van der Waals surface area contributed by atoms with Crippen molar-refractivity contribution in [3.05, 3.63) is 35.9 Å². The Kier molecular flexibility index (Phi) is 2.95. The van der Waals surface area contributed by atoms with E-state index in [-0.39, 0.29) is 7.53 Å². The first-order chi connectivity index (χ1) is 7.69. The lowest BCUT2D eigenvalue weighted by molar-refractivity contribution is 0.213. The van der Waals surface area contributed by atoms with Crippen LogP contribution in [0.4, 0.5) is 5.69 Å². The van der Waals surface area contributed by atoms with E-state index < -0.39 is 0 Å². The molecule has 1 fully saturated rings. The zero-order chi connectivity index (χ0) is 11.5. The minimum Gasteiger partial charge on any atom is -0.490 e. The van der Waals surface area contributed by atoms with E-state index in [0.717, 1.165) is 25.0 Å². The van der Waals surface area contributed by atoms with Gasteiger partial charge in [0.05, 0.1) is 0 Å². The van der Waals surface area contributed by atoms with Gasteiger partial charge in [-0.3, -0.25) is 0 Å². The van der Waals surface area contributed by atoms with Crippen molar-refractivity contribution in [3.8, 4) is 5.75 Å². The Hall–Kier alpha value is -1.77. The largest absolute Gasteiger partial charge is 0.490 e. The van der Waals surface area contributed by atoms with Crippen molar-refractivity contribution >= 4 is 11.9 Å². The molecule has 1 saturated carbocycles. The maximum Gasteiger partial charge on any atom is 0.120 e. The van der Waals surface area contributed by atoms with Gasteiger partial charge in [-0.15, -0.1) is 0 Å². The van der Waals surface area contributed by atoms with Crippen LogP contribution in [-0.4, -0.2) is 12.3 Å². The molecular weight excluding hydrogens is 200 g/mol. The third-order valence-corrected chi connectivity index (χ3v) is 2.85. The zero-order valence-corrected chi connectivity index (χ0v) is 9.20. The second-order valence-electron chi connectivity index (χ2n) is 4.17. The van der Waals surface area contributed by atoms with Crippen molar-refractivity contribution in [2.24, 2.45) is 0 Å². The van der Waals surface area contributed by atoms with E-state index in [1.165, 1.54) is 11.8 Å². The molecule has 0 aliphatic heterocycles. The van der Waals surface area contributed by atoms with Crippen molar-refractivity contribution in [2.45, 2.75) is 25.4 Å². The monoisotopic (exact) mass is 218 g/mol. The minimum absolute atomic E-state index is 0. The highest BCUT2D eigenvalue weighted by Gasteiger charge is 2.19. The van der Waals surface area contributed by atoms with Crippen molar-refractivity contribution in [1.29, 1.82) is 5.41 Å². The Bertz CT molecular complexity index is 431. The molecule has 3 heteroatoms.